The first kappa shape index (κ1) is 20.1. The molecule has 0 saturated heterocycles. The Balaban J connectivity index is 2.14. The molecule has 0 unspecified atom stereocenters. The molecule has 0 aliphatic heterocycles. The number of carbonyl (C=O) groups excluding carboxylic acids is 1. The second kappa shape index (κ2) is 8.93. The summed E-state index contributed by atoms with van der Waals surface area (Å²) in [5.41, 5.74) is 6.39. The molecule has 0 radical (unpaired) electrons. The second-order valence-corrected chi connectivity index (χ2v) is 7.56. The molecular weight excluding hydrogens is 356 g/mol. The third kappa shape index (κ3) is 4.90. The molecule has 2 aromatic rings. The van der Waals surface area contributed by atoms with Crippen molar-refractivity contribution < 1.29 is 17.7 Å². The minimum absolute atomic E-state index is 0.0408. The monoisotopic (exact) mass is 380 g/mol. The molecule has 1 amide bonds. The average Bonchev–Trinajstić information content (AvgIpc) is 3.11. The van der Waals surface area contributed by atoms with E-state index < -0.39 is 15.9 Å². The molecule has 0 atom stereocenters. The van der Waals surface area contributed by atoms with Gasteiger partial charge in [-0.2, -0.15) is 0 Å². The van der Waals surface area contributed by atoms with E-state index in [9.17, 15) is 13.2 Å². The topological polar surface area (TPSA) is 127 Å². The quantitative estimate of drug-likeness (QED) is 0.611. The van der Waals surface area contributed by atoms with E-state index in [1.54, 1.807) is 18.2 Å². The summed E-state index contributed by atoms with van der Waals surface area (Å²) in [6, 6.07) is 7.57. The maximum absolute atomic E-state index is 12.3. The average molecular weight is 380 g/mol. The van der Waals surface area contributed by atoms with Crippen LogP contribution in [0.1, 0.15) is 48.9 Å². The van der Waals surface area contributed by atoms with Crippen LogP contribution in [0.3, 0.4) is 0 Å². The molecule has 0 aliphatic carbocycles. The van der Waals surface area contributed by atoms with Crippen LogP contribution in [0, 0.1) is 0 Å². The first-order valence-electron chi connectivity index (χ1n) is 8.49. The van der Waals surface area contributed by atoms with Gasteiger partial charge in [-0.3, -0.25) is 4.79 Å². The Hall–Kier alpha value is -2.23. The van der Waals surface area contributed by atoms with E-state index in [0.717, 1.165) is 18.5 Å². The lowest BCUT2D eigenvalue weighted by molar-refractivity contribution is 0.0987. The lowest BCUT2D eigenvalue weighted by Gasteiger charge is -2.08. The molecule has 0 saturated carbocycles. The maximum Gasteiger partial charge on any atom is 0.294 e. The standard InChI is InChI=1S/C17H24N4O4S/c1-3-12(4-2)15-11-16(25-21-15)17(22)20-13-6-5-7-14(10-13)26(23,24)19-9-8-18/h5-7,10-12,19H,3-4,8-9,18H2,1-2H3,(H,20,22). The van der Waals surface area contributed by atoms with E-state index in [1.807, 2.05) is 13.8 Å². The van der Waals surface area contributed by atoms with Crippen molar-refractivity contribution >= 4 is 21.6 Å². The van der Waals surface area contributed by atoms with Gasteiger partial charge in [0, 0.05) is 30.8 Å². The van der Waals surface area contributed by atoms with Crippen LogP contribution in [-0.4, -0.2) is 32.6 Å². The van der Waals surface area contributed by atoms with Gasteiger partial charge in [0.15, 0.2) is 0 Å². The number of sulfonamides is 1. The Kier molecular flexibility index (Phi) is 6.90. The summed E-state index contributed by atoms with van der Waals surface area (Å²) in [5.74, 6) is -0.164. The number of carbonyl (C=O) groups is 1. The Morgan fingerprint density at radius 3 is 2.65 bits per heavy atom. The first-order chi connectivity index (χ1) is 12.4. The van der Waals surface area contributed by atoms with Crippen molar-refractivity contribution in [2.75, 3.05) is 18.4 Å². The van der Waals surface area contributed by atoms with Gasteiger partial charge in [0.05, 0.1) is 10.6 Å². The highest BCUT2D eigenvalue weighted by molar-refractivity contribution is 7.89. The smallest absolute Gasteiger partial charge is 0.294 e. The SMILES string of the molecule is CCC(CC)c1cc(C(=O)Nc2cccc(S(=O)(=O)NCCN)c2)on1. The van der Waals surface area contributed by atoms with Gasteiger partial charge in [-0.25, -0.2) is 13.1 Å². The largest absolute Gasteiger partial charge is 0.351 e. The van der Waals surface area contributed by atoms with Crippen molar-refractivity contribution in [3.8, 4) is 0 Å². The van der Waals surface area contributed by atoms with Gasteiger partial charge in [0.1, 0.15) is 0 Å². The predicted octanol–water partition coefficient (Wildman–Crippen LogP) is 2.07. The molecule has 8 nitrogen and oxygen atoms in total. The van der Waals surface area contributed by atoms with Crippen molar-refractivity contribution in [1.82, 2.24) is 9.88 Å². The van der Waals surface area contributed by atoms with E-state index in [0.29, 0.717) is 5.69 Å². The third-order valence-corrected chi connectivity index (χ3v) is 5.45. The van der Waals surface area contributed by atoms with Crippen molar-refractivity contribution in [3.05, 3.63) is 41.8 Å². The van der Waals surface area contributed by atoms with Crippen LogP contribution in [-0.2, 0) is 10.0 Å². The lowest BCUT2D eigenvalue weighted by atomic mass is 9.99. The maximum atomic E-state index is 12.3. The van der Waals surface area contributed by atoms with Gasteiger partial charge in [0.25, 0.3) is 5.91 Å². The molecule has 1 aromatic heterocycles. The van der Waals surface area contributed by atoms with Crippen molar-refractivity contribution in [2.45, 2.75) is 37.5 Å². The minimum Gasteiger partial charge on any atom is -0.351 e. The van der Waals surface area contributed by atoms with Crippen LogP contribution >= 0.6 is 0 Å². The van der Waals surface area contributed by atoms with Gasteiger partial charge in [-0.15, -0.1) is 0 Å². The number of hydrogen-bond acceptors (Lipinski definition) is 6. The Bertz CT molecular complexity index is 844. The van der Waals surface area contributed by atoms with Crippen LogP contribution < -0.4 is 15.8 Å². The Morgan fingerprint density at radius 2 is 2.00 bits per heavy atom. The molecule has 0 aliphatic rings. The number of anilines is 1. The van der Waals surface area contributed by atoms with Gasteiger partial charge in [-0.05, 0) is 31.0 Å². The van der Waals surface area contributed by atoms with E-state index in [2.05, 4.69) is 15.2 Å². The predicted molar refractivity (Wildman–Crippen MR) is 98.5 cm³/mol. The molecule has 0 bridgehead atoms. The van der Waals surface area contributed by atoms with Crippen LogP contribution in [0.4, 0.5) is 5.69 Å². The highest BCUT2D eigenvalue weighted by atomic mass is 32.2. The molecule has 2 rings (SSSR count). The summed E-state index contributed by atoms with van der Waals surface area (Å²) in [6.45, 7) is 4.43. The summed E-state index contributed by atoms with van der Waals surface area (Å²) < 4.78 is 31.8. The van der Waals surface area contributed by atoms with E-state index in [1.165, 1.54) is 12.1 Å². The number of benzene rings is 1. The van der Waals surface area contributed by atoms with Crippen LogP contribution in [0.15, 0.2) is 39.8 Å². The number of nitrogens with one attached hydrogen (secondary N) is 2. The normalized spacial score (nSPS) is 11.7. The molecule has 1 heterocycles. The summed E-state index contributed by atoms with van der Waals surface area (Å²) >= 11 is 0. The minimum atomic E-state index is -3.68. The van der Waals surface area contributed by atoms with E-state index in [4.69, 9.17) is 10.3 Å². The molecular formula is C17H24N4O4S. The number of nitrogens with zero attached hydrogens (tertiary/aromatic N) is 1. The van der Waals surface area contributed by atoms with Gasteiger partial charge in [0.2, 0.25) is 15.8 Å². The fourth-order valence-electron chi connectivity index (χ4n) is 2.51. The van der Waals surface area contributed by atoms with E-state index in [-0.39, 0.29) is 29.7 Å². The molecule has 26 heavy (non-hydrogen) atoms. The van der Waals surface area contributed by atoms with Gasteiger partial charge < -0.3 is 15.6 Å². The number of hydrogen-bond donors (Lipinski definition) is 3. The highest BCUT2D eigenvalue weighted by Gasteiger charge is 2.19. The molecule has 1 aromatic carbocycles. The van der Waals surface area contributed by atoms with Crippen molar-refractivity contribution in [2.24, 2.45) is 5.73 Å². The number of amides is 1. The van der Waals surface area contributed by atoms with Crippen molar-refractivity contribution in [1.29, 1.82) is 0 Å². The molecule has 0 fully saturated rings. The fourth-order valence-corrected chi connectivity index (χ4v) is 3.60. The zero-order valence-electron chi connectivity index (χ0n) is 14.9. The van der Waals surface area contributed by atoms with Crippen LogP contribution in [0.5, 0.6) is 0 Å². The summed E-state index contributed by atoms with van der Waals surface area (Å²) in [7, 11) is -3.68. The number of rotatable bonds is 9. The highest BCUT2D eigenvalue weighted by Crippen LogP contribution is 2.23. The summed E-state index contributed by atoms with van der Waals surface area (Å²) in [4.78, 5) is 12.4. The molecule has 4 N–H and O–H groups in total. The summed E-state index contributed by atoms with van der Waals surface area (Å²) in [5, 5.41) is 6.58. The van der Waals surface area contributed by atoms with E-state index >= 15 is 0 Å². The second-order valence-electron chi connectivity index (χ2n) is 5.80. The number of nitrogens with two attached hydrogens (primary N) is 1. The first-order valence-corrected chi connectivity index (χ1v) is 9.97. The zero-order valence-corrected chi connectivity index (χ0v) is 15.7. The van der Waals surface area contributed by atoms with Crippen molar-refractivity contribution in [3.63, 3.8) is 0 Å². The number of aromatic nitrogens is 1. The van der Waals surface area contributed by atoms with Gasteiger partial charge in [-0.1, -0.05) is 25.1 Å². The molecule has 0 spiro atoms. The summed E-state index contributed by atoms with van der Waals surface area (Å²) in [6.07, 6.45) is 1.81. The van der Waals surface area contributed by atoms with Gasteiger partial charge >= 0.3 is 0 Å². The molecule has 142 valence electrons. The van der Waals surface area contributed by atoms with Crippen LogP contribution in [0.2, 0.25) is 0 Å². The van der Waals surface area contributed by atoms with Crippen LogP contribution in [0.25, 0.3) is 0 Å². The zero-order chi connectivity index (χ0) is 19.2. The Labute approximate surface area is 153 Å². The molecule has 9 heteroatoms. The Morgan fingerprint density at radius 1 is 1.27 bits per heavy atom. The fraction of sp³-hybridized carbons (Fsp3) is 0.412. The lowest BCUT2D eigenvalue weighted by Crippen LogP contribution is -2.29. The third-order valence-electron chi connectivity index (χ3n) is 3.99.